The van der Waals surface area contributed by atoms with Crippen LogP contribution in [0.25, 0.3) is 0 Å². The molecule has 3 aromatic rings. The second-order valence-electron chi connectivity index (χ2n) is 21.0. The molecule has 2 bridgehead atoms. The molecule has 0 unspecified atom stereocenters. The van der Waals surface area contributed by atoms with Crippen molar-refractivity contribution < 1.29 is 101 Å². The Balaban J connectivity index is 1.40. The number of ether oxygens (including phenoxy) is 7. The number of carbonyl (C=O) groups excluding carboxylic acids is 9. The van der Waals surface area contributed by atoms with Gasteiger partial charge in [-0.25, -0.2) is 9.59 Å². The lowest BCUT2D eigenvalue weighted by Crippen LogP contribution is -2.82. The number of hydrogen-bond acceptors (Lipinski definition) is 21. The van der Waals surface area contributed by atoms with E-state index in [4.69, 9.17) is 37.6 Å². The van der Waals surface area contributed by atoms with Gasteiger partial charge in [0.15, 0.2) is 23.2 Å². The standard InChI is InChI=1S/C56H63N3O22/c1-9-40(64)78-36-25-37-55(27-74-37,81-30(5)61)46-48(80-51(69)32-19-15-12-16-20-32)56(71)26-35(28(3)42(53(56,6)7)44(75-29(4)60)47(66)54(36,46)8)77-52(70)45(79-41(65)10-2)43(31-17-13-11-14-18-31)58-49(67)33(21-24-39(62)63)57-50(68)34-22-23-38(76-34)59(72)73/h11-20,22-23,33,35-37,43-46,48,71H,9-10,21,24-27H2,1-8H3,(H,57,68)(H,58,67)(H,62,63)/t33-,35+,36+,37-,43+,44-,45-,46+,48+,54-,55+,56-/m1/s1. The zero-order valence-electron chi connectivity index (χ0n) is 45.6. The predicted octanol–water partition coefficient (Wildman–Crippen LogP) is 4.51. The monoisotopic (exact) mass is 1130 g/mol. The Morgan fingerprint density at radius 1 is 0.840 bits per heavy atom. The number of amides is 2. The van der Waals surface area contributed by atoms with Crippen LogP contribution >= 0.6 is 0 Å². The summed E-state index contributed by atoms with van der Waals surface area (Å²) in [6, 6.07) is 13.3. The lowest BCUT2D eigenvalue weighted by atomic mass is 9.44. The molecule has 4 N–H and O–H groups in total. The van der Waals surface area contributed by atoms with Crippen LogP contribution in [0.4, 0.5) is 5.88 Å². The average molecular weight is 1130 g/mol. The quantitative estimate of drug-likeness (QED) is 0.0397. The number of Topliss-reactive ketones (excluding diaryl/α,β-unsaturated/α-hetero) is 1. The molecule has 3 aliphatic carbocycles. The number of carboxylic acid groups (broad SMARTS) is 1. The molecule has 7 rings (SSSR count). The number of esters is 6. The number of fused-ring (bicyclic) bond motifs is 5. The number of nitrogens with zero attached hydrogens (tertiary/aromatic N) is 1. The molecule has 1 aromatic heterocycles. The van der Waals surface area contributed by atoms with Crippen LogP contribution in [-0.2, 0) is 71.5 Å². The number of hydrogen-bond donors (Lipinski definition) is 4. The van der Waals surface area contributed by atoms with Gasteiger partial charge in [0.05, 0.1) is 29.6 Å². The minimum Gasteiger partial charge on any atom is -0.481 e. The van der Waals surface area contributed by atoms with Crippen LogP contribution in [-0.4, -0.2) is 135 Å². The van der Waals surface area contributed by atoms with E-state index >= 15 is 9.59 Å². The molecule has 25 nitrogen and oxygen atoms in total. The minimum atomic E-state index is -2.61. The maximum absolute atomic E-state index is 16.2. The summed E-state index contributed by atoms with van der Waals surface area (Å²) in [4.78, 5) is 150. The fourth-order valence-corrected chi connectivity index (χ4v) is 11.7. The van der Waals surface area contributed by atoms with Gasteiger partial charge in [-0.15, -0.1) is 0 Å². The summed E-state index contributed by atoms with van der Waals surface area (Å²) in [5, 5.41) is 39.9. The number of aliphatic hydroxyl groups is 1. The van der Waals surface area contributed by atoms with Crippen molar-refractivity contribution in [2.75, 3.05) is 6.61 Å². The van der Waals surface area contributed by atoms with E-state index in [1.165, 1.54) is 90.1 Å². The molecule has 0 spiro atoms. The fraction of sp³-hybridized carbons (Fsp3) is 0.500. The Hall–Kier alpha value is -8.32. The van der Waals surface area contributed by atoms with Crippen LogP contribution in [0.5, 0.6) is 0 Å². The maximum Gasteiger partial charge on any atom is 0.433 e. The molecule has 2 saturated carbocycles. The van der Waals surface area contributed by atoms with E-state index in [9.17, 15) is 58.7 Å². The number of ketones is 1. The molecule has 25 heteroatoms. The molecule has 12 atom stereocenters. The van der Waals surface area contributed by atoms with E-state index in [1.807, 2.05) is 0 Å². The first-order chi connectivity index (χ1) is 38.1. The summed E-state index contributed by atoms with van der Waals surface area (Å²) in [7, 11) is 0. The molecular weight excluding hydrogens is 1070 g/mol. The van der Waals surface area contributed by atoms with Crippen molar-refractivity contribution in [3.05, 3.63) is 111 Å². The van der Waals surface area contributed by atoms with Crippen molar-refractivity contribution in [3.63, 3.8) is 0 Å². The van der Waals surface area contributed by atoms with E-state index in [2.05, 4.69) is 10.6 Å². The Morgan fingerprint density at radius 2 is 1.48 bits per heavy atom. The third kappa shape index (κ3) is 11.7. The molecule has 1 aliphatic heterocycles. The van der Waals surface area contributed by atoms with Gasteiger partial charge in [-0.2, -0.15) is 0 Å². The summed E-state index contributed by atoms with van der Waals surface area (Å²) in [5.41, 5.74) is -8.69. The Labute approximate surface area is 463 Å². The highest BCUT2D eigenvalue weighted by Gasteiger charge is 2.79. The Kier molecular flexibility index (Phi) is 17.7. The predicted molar refractivity (Wildman–Crippen MR) is 274 cm³/mol. The van der Waals surface area contributed by atoms with Gasteiger partial charge in [0, 0.05) is 51.4 Å². The van der Waals surface area contributed by atoms with Crippen LogP contribution < -0.4 is 10.6 Å². The zero-order valence-corrected chi connectivity index (χ0v) is 45.6. The smallest absolute Gasteiger partial charge is 0.433 e. The Bertz CT molecular complexity index is 3030. The summed E-state index contributed by atoms with van der Waals surface area (Å²) < 4.78 is 47.9. The summed E-state index contributed by atoms with van der Waals surface area (Å²) in [5.74, 6) is -13.9. The molecule has 2 amide bonds. The summed E-state index contributed by atoms with van der Waals surface area (Å²) in [6.07, 6.45) is -13.4. The second kappa shape index (κ2) is 23.8. The number of carbonyl (C=O) groups is 10. The first kappa shape index (κ1) is 60.3. The molecule has 0 radical (unpaired) electrons. The number of rotatable bonds is 20. The number of furan rings is 1. The van der Waals surface area contributed by atoms with Gasteiger partial charge in [0.1, 0.15) is 47.0 Å². The molecule has 81 heavy (non-hydrogen) atoms. The van der Waals surface area contributed by atoms with E-state index in [0.717, 1.165) is 26.0 Å². The zero-order chi connectivity index (χ0) is 59.5. The van der Waals surface area contributed by atoms with Gasteiger partial charge < -0.3 is 58.4 Å². The van der Waals surface area contributed by atoms with Crippen LogP contribution in [0.3, 0.4) is 0 Å². The van der Waals surface area contributed by atoms with E-state index in [0.29, 0.717) is 0 Å². The summed E-state index contributed by atoms with van der Waals surface area (Å²) >= 11 is 0. The number of nitro groups is 1. The van der Waals surface area contributed by atoms with Crippen molar-refractivity contribution in [2.24, 2.45) is 16.7 Å². The van der Waals surface area contributed by atoms with E-state index in [1.54, 1.807) is 12.1 Å². The minimum absolute atomic E-state index is 0.000696. The van der Waals surface area contributed by atoms with Gasteiger partial charge in [-0.05, 0) is 55.2 Å². The molecule has 2 heterocycles. The number of benzene rings is 2. The van der Waals surface area contributed by atoms with Crippen LogP contribution in [0.1, 0.15) is 126 Å². The number of carboxylic acids is 1. The van der Waals surface area contributed by atoms with Gasteiger partial charge in [-0.3, -0.25) is 48.5 Å². The lowest BCUT2D eigenvalue weighted by molar-refractivity contribution is -0.402. The van der Waals surface area contributed by atoms with Crippen LogP contribution in [0.15, 0.2) is 88.4 Å². The van der Waals surface area contributed by atoms with Crippen molar-refractivity contribution in [1.29, 1.82) is 0 Å². The van der Waals surface area contributed by atoms with Crippen molar-refractivity contribution >= 4 is 65.3 Å². The molecule has 1 saturated heterocycles. The van der Waals surface area contributed by atoms with Crippen LogP contribution in [0.2, 0.25) is 0 Å². The highest BCUT2D eigenvalue weighted by molar-refractivity contribution is 5.97. The molecule has 4 aliphatic rings. The number of aliphatic carboxylic acids is 1. The molecule has 3 fully saturated rings. The van der Waals surface area contributed by atoms with Gasteiger partial charge >= 0.3 is 47.7 Å². The molecular formula is C56H63N3O22. The number of nitrogens with one attached hydrogen (secondary N) is 2. The van der Waals surface area contributed by atoms with Gasteiger partial charge in [0.2, 0.25) is 12.0 Å². The first-order valence-corrected chi connectivity index (χ1v) is 26.1. The largest absolute Gasteiger partial charge is 0.481 e. The molecule has 2 aromatic carbocycles. The lowest BCUT2D eigenvalue weighted by Gasteiger charge is -2.67. The fourth-order valence-electron chi connectivity index (χ4n) is 11.7. The Morgan fingerprint density at radius 3 is 2.04 bits per heavy atom. The average Bonchev–Trinajstić information content (AvgIpc) is 3.79. The highest BCUT2D eigenvalue weighted by atomic mass is 16.7. The van der Waals surface area contributed by atoms with Crippen LogP contribution in [0, 0.1) is 26.9 Å². The van der Waals surface area contributed by atoms with Crippen molar-refractivity contribution in [2.45, 2.75) is 154 Å². The third-order valence-electron chi connectivity index (χ3n) is 15.8. The van der Waals surface area contributed by atoms with Crippen molar-refractivity contribution in [1.82, 2.24) is 10.6 Å². The summed E-state index contributed by atoms with van der Waals surface area (Å²) in [6.45, 7) is 10.3. The normalized spacial score (nSPS) is 27.2. The van der Waals surface area contributed by atoms with E-state index < -0.39 is 178 Å². The first-order valence-electron chi connectivity index (χ1n) is 26.1. The van der Waals surface area contributed by atoms with Crippen molar-refractivity contribution in [3.8, 4) is 0 Å². The topological polar surface area (TPSA) is 356 Å². The third-order valence-corrected chi connectivity index (χ3v) is 15.8. The second-order valence-corrected chi connectivity index (χ2v) is 21.0. The van der Waals surface area contributed by atoms with Gasteiger partial charge in [0.25, 0.3) is 5.91 Å². The maximum atomic E-state index is 16.2. The van der Waals surface area contributed by atoms with Gasteiger partial charge in [-0.1, -0.05) is 76.2 Å². The SMILES string of the molecule is CCC(=O)O[C@H]1C[C@H]2OC[C@@]2(OC(C)=O)[C@H]2[C@H](OC(=O)c3ccccc3)[C@]3(O)C[C@H](OC(=O)[C@H](OC(=O)CC)[C@@H](NC(=O)[C@@H](CCC(=O)O)NC(=O)c4ccc([N+](=O)[O-])o4)c4ccccc4)C(C)=C([C@@H](OC(C)=O)C(=O)[C@]12C)C3(C)C. The molecule has 434 valence electrons. The van der Waals surface area contributed by atoms with E-state index in [-0.39, 0.29) is 41.5 Å². The highest BCUT2D eigenvalue weighted by Crippen LogP contribution is 2.65.